The predicted octanol–water partition coefficient (Wildman–Crippen LogP) is 3.07. The minimum Gasteiger partial charge on any atom is -0.344 e. The maximum absolute atomic E-state index is 12.6. The van der Waals surface area contributed by atoms with Gasteiger partial charge in [0.2, 0.25) is 11.8 Å². The molecule has 0 bridgehead atoms. The van der Waals surface area contributed by atoms with E-state index < -0.39 is 0 Å². The molecule has 1 atom stereocenters. The van der Waals surface area contributed by atoms with Crippen molar-refractivity contribution in [3.05, 3.63) is 34.9 Å². The minimum absolute atomic E-state index is 0.0635. The molecule has 5 nitrogen and oxygen atoms in total. The molecule has 2 amide bonds. The maximum Gasteiger partial charge on any atom is 0.241 e. The summed E-state index contributed by atoms with van der Waals surface area (Å²) in [5.74, 6) is 0.692. The van der Waals surface area contributed by atoms with E-state index in [1.54, 1.807) is 4.90 Å². The minimum atomic E-state index is 0.0635. The van der Waals surface area contributed by atoms with Crippen LogP contribution in [0.25, 0.3) is 0 Å². The largest absolute Gasteiger partial charge is 0.344 e. The van der Waals surface area contributed by atoms with Gasteiger partial charge in [-0.3, -0.25) is 9.59 Å². The Bertz CT molecular complexity index is 664. The van der Waals surface area contributed by atoms with Gasteiger partial charge in [-0.1, -0.05) is 23.7 Å². The molecule has 2 saturated heterocycles. The van der Waals surface area contributed by atoms with E-state index in [4.69, 9.17) is 11.6 Å². The number of amides is 2. The molecule has 0 spiro atoms. The third-order valence-corrected chi connectivity index (χ3v) is 6.19. The van der Waals surface area contributed by atoms with E-state index in [-0.39, 0.29) is 18.4 Å². The van der Waals surface area contributed by atoms with Gasteiger partial charge < -0.3 is 14.7 Å². The molecule has 0 radical (unpaired) electrons. The van der Waals surface area contributed by atoms with E-state index in [9.17, 15) is 9.59 Å². The molecule has 28 heavy (non-hydrogen) atoms. The molecule has 0 aromatic heterocycles. The number of hydrogen-bond donors (Lipinski definition) is 0. The van der Waals surface area contributed by atoms with E-state index in [1.807, 2.05) is 24.1 Å². The molecule has 0 saturated carbocycles. The average molecular weight is 406 g/mol. The molecular formula is C22H32ClN3O2. The number of carbonyl (C=O) groups excluding carboxylic acids is 2. The third-order valence-electron chi connectivity index (χ3n) is 5.94. The van der Waals surface area contributed by atoms with Crippen molar-refractivity contribution in [2.45, 2.75) is 38.5 Å². The summed E-state index contributed by atoms with van der Waals surface area (Å²) in [7, 11) is 1.88. The summed E-state index contributed by atoms with van der Waals surface area (Å²) in [6.07, 6.45) is 5.91. The Balaban J connectivity index is 1.42. The fourth-order valence-corrected chi connectivity index (χ4v) is 4.37. The summed E-state index contributed by atoms with van der Waals surface area (Å²) in [6.45, 7) is 4.94. The van der Waals surface area contributed by atoms with Crippen molar-refractivity contribution in [2.24, 2.45) is 5.92 Å². The van der Waals surface area contributed by atoms with Gasteiger partial charge in [0.05, 0.1) is 6.54 Å². The lowest BCUT2D eigenvalue weighted by molar-refractivity contribution is -0.141. The standard InChI is InChI=1S/C22H32ClN3O2/c1-24(22(28)17-26-13-3-2-6-21(26)27)15-19-5-4-12-25(16-19)14-11-18-7-9-20(23)10-8-18/h7-10,19H,2-6,11-17H2,1H3/t19-/m1/s1. The zero-order valence-corrected chi connectivity index (χ0v) is 17.7. The van der Waals surface area contributed by atoms with E-state index in [1.165, 1.54) is 12.0 Å². The molecule has 2 heterocycles. The van der Waals surface area contributed by atoms with Crippen molar-refractivity contribution in [2.75, 3.05) is 46.3 Å². The summed E-state index contributed by atoms with van der Waals surface area (Å²) < 4.78 is 0. The van der Waals surface area contributed by atoms with Gasteiger partial charge in [0.15, 0.2) is 0 Å². The molecule has 0 unspecified atom stereocenters. The van der Waals surface area contributed by atoms with Crippen molar-refractivity contribution in [1.82, 2.24) is 14.7 Å². The van der Waals surface area contributed by atoms with E-state index >= 15 is 0 Å². The van der Waals surface area contributed by atoms with Gasteiger partial charge in [-0.25, -0.2) is 0 Å². The second-order valence-electron chi connectivity index (χ2n) is 8.23. The lowest BCUT2D eigenvalue weighted by Crippen LogP contribution is -2.46. The normalized spacial score (nSPS) is 21.0. The fourth-order valence-electron chi connectivity index (χ4n) is 4.24. The molecule has 1 aromatic rings. The van der Waals surface area contributed by atoms with Crippen LogP contribution in [0, 0.1) is 5.92 Å². The van der Waals surface area contributed by atoms with Crippen LogP contribution >= 0.6 is 11.6 Å². The number of likely N-dealkylation sites (N-methyl/N-ethyl adjacent to an activating group) is 1. The summed E-state index contributed by atoms with van der Waals surface area (Å²) in [5, 5.41) is 0.778. The summed E-state index contributed by atoms with van der Waals surface area (Å²) in [5.41, 5.74) is 1.31. The monoisotopic (exact) mass is 405 g/mol. The number of rotatable bonds is 7. The zero-order valence-electron chi connectivity index (χ0n) is 16.9. The Labute approximate surface area is 173 Å². The average Bonchev–Trinajstić information content (AvgIpc) is 2.69. The Hall–Kier alpha value is -1.59. The van der Waals surface area contributed by atoms with Crippen LogP contribution in [0.3, 0.4) is 0 Å². The summed E-state index contributed by atoms with van der Waals surface area (Å²) in [6, 6.07) is 8.09. The van der Waals surface area contributed by atoms with Crippen LogP contribution in [0.4, 0.5) is 0 Å². The van der Waals surface area contributed by atoms with E-state index in [0.29, 0.717) is 12.3 Å². The van der Waals surface area contributed by atoms with Crippen molar-refractivity contribution in [3.63, 3.8) is 0 Å². The maximum atomic E-state index is 12.6. The fraction of sp³-hybridized carbons (Fsp3) is 0.636. The second kappa shape index (κ2) is 10.3. The molecule has 154 valence electrons. The molecule has 3 rings (SSSR count). The number of carbonyl (C=O) groups is 2. The quantitative estimate of drug-likeness (QED) is 0.700. The van der Waals surface area contributed by atoms with Gasteiger partial charge in [-0.15, -0.1) is 0 Å². The highest BCUT2D eigenvalue weighted by Crippen LogP contribution is 2.19. The highest BCUT2D eigenvalue weighted by Gasteiger charge is 2.25. The van der Waals surface area contributed by atoms with Gasteiger partial charge in [0.1, 0.15) is 0 Å². The van der Waals surface area contributed by atoms with Crippen LogP contribution in [0.15, 0.2) is 24.3 Å². The van der Waals surface area contributed by atoms with Crippen LogP contribution in [-0.4, -0.2) is 72.8 Å². The van der Waals surface area contributed by atoms with Gasteiger partial charge in [-0.05, 0) is 62.3 Å². The lowest BCUT2D eigenvalue weighted by Gasteiger charge is -2.35. The first kappa shape index (κ1) is 21.1. The van der Waals surface area contributed by atoms with Crippen molar-refractivity contribution < 1.29 is 9.59 Å². The van der Waals surface area contributed by atoms with Crippen molar-refractivity contribution in [1.29, 1.82) is 0 Å². The smallest absolute Gasteiger partial charge is 0.241 e. The summed E-state index contributed by atoms with van der Waals surface area (Å²) in [4.78, 5) is 30.6. The number of halogens is 1. The van der Waals surface area contributed by atoms with Crippen LogP contribution < -0.4 is 0 Å². The molecule has 2 aliphatic rings. The Kier molecular flexibility index (Phi) is 7.74. The SMILES string of the molecule is CN(C[C@H]1CCCN(CCc2ccc(Cl)cc2)C1)C(=O)CN1CCCCC1=O. The van der Waals surface area contributed by atoms with Crippen LogP contribution in [-0.2, 0) is 16.0 Å². The van der Waals surface area contributed by atoms with Crippen molar-refractivity contribution >= 4 is 23.4 Å². The highest BCUT2D eigenvalue weighted by molar-refractivity contribution is 6.30. The molecular weight excluding hydrogens is 374 g/mol. The van der Waals surface area contributed by atoms with Gasteiger partial charge >= 0.3 is 0 Å². The van der Waals surface area contributed by atoms with Crippen LogP contribution in [0.2, 0.25) is 5.02 Å². The topological polar surface area (TPSA) is 43.9 Å². The van der Waals surface area contributed by atoms with E-state index in [2.05, 4.69) is 17.0 Å². The zero-order chi connectivity index (χ0) is 19.9. The number of piperidine rings is 2. The van der Waals surface area contributed by atoms with Crippen LogP contribution in [0.1, 0.15) is 37.7 Å². The first-order chi connectivity index (χ1) is 13.5. The molecule has 0 aliphatic carbocycles. The van der Waals surface area contributed by atoms with Gasteiger partial charge in [0, 0.05) is 44.7 Å². The molecule has 0 N–H and O–H groups in total. The van der Waals surface area contributed by atoms with Gasteiger partial charge in [0.25, 0.3) is 0 Å². The van der Waals surface area contributed by atoms with Crippen LogP contribution in [0.5, 0.6) is 0 Å². The molecule has 2 fully saturated rings. The summed E-state index contributed by atoms with van der Waals surface area (Å²) >= 11 is 5.96. The lowest BCUT2D eigenvalue weighted by atomic mass is 9.97. The molecule has 2 aliphatic heterocycles. The number of benzene rings is 1. The Morgan fingerprint density at radius 2 is 1.96 bits per heavy atom. The van der Waals surface area contributed by atoms with Gasteiger partial charge in [-0.2, -0.15) is 0 Å². The second-order valence-corrected chi connectivity index (χ2v) is 8.67. The first-order valence-corrected chi connectivity index (χ1v) is 10.9. The molecule has 6 heteroatoms. The number of hydrogen-bond acceptors (Lipinski definition) is 3. The number of nitrogens with zero attached hydrogens (tertiary/aromatic N) is 3. The first-order valence-electron chi connectivity index (χ1n) is 10.5. The predicted molar refractivity (Wildman–Crippen MR) is 112 cm³/mol. The Morgan fingerprint density at radius 1 is 1.18 bits per heavy atom. The Morgan fingerprint density at radius 3 is 2.71 bits per heavy atom. The molecule has 1 aromatic carbocycles. The highest BCUT2D eigenvalue weighted by atomic mass is 35.5. The third kappa shape index (κ3) is 6.21. The van der Waals surface area contributed by atoms with Crippen molar-refractivity contribution in [3.8, 4) is 0 Å². The number of likely N-dealkylation sites (tertiary alicyclic amines) is 2. The van der Waals surface area contributed by atoms with E-state index in [0.717, 1.165) is 63.4 Å².